The number of hydrogen-bond donors (Lipinski definition) is 1. The van der Waals surface area contributed by atoms with Gasteiger partial charge < -0.3 is 9.73 Å². The molecule has 3 nitrogen and oxygen atoms in total. The van der Waals surface area contributed by atoms with Crippen molar-refractivity contribution in [2.75, 3.05) is 6.54 Å². The van der Waals surface area contributed by atoms with Crippen LogP contribution < -0.4 is 5.32 Å². The lowest BCUT2D eigenvalue weighted by molar-refractivity contribution is 0.455. The average molecular weight is 214 g/mol. The Labute approximate surface area is 94.5 Å². The Morgan fingerprint density at radius 3 is 3.12 bits per heavy atom. The number of furan rings is 1. The quantitative estimate of drug-likeness (QED) is 0.791. The molecule has 1 aliphatic rings. The monoisotopic (exact) mass is 214 g/mol. The van der Waals surface area contributed by atoms with Gasteiger partial charge in [0.15, 0.2) is 0 Å². The minimum atomic E-state index is 0.232. The van der Waals surface area contributed by atoms with Gasteiger partial charge in [0.05, 0.1) is 12.3 Å². The Hall–Kier alpha value is -1.61. The highest BCUT2D eigenvalue weighted by Gasteiger charge is 2.23. The number of nitrogens with one attached hydrogen (secondary N) is 1. The molecule has 0 fully saturated rings. The van der Waals surface area contributed by atoms with Crippen LogP contribution in [0.2, 0.25) is 0 Å². The van der Waals surface area contributed by atoms with Crippen molar-refractivity contribution in [3.8, 4) is 0 Å². The molecule has 1 N–H and O–H groups in total. The summed E-state index contributed by atoms with van der Waals surface area (Å²) in [5.74, 6) is 1.10. The van der Waals surface area contributed by atoms with E-state index < -0.39 is 0 Å². The maximum Gasteiger partial charge on any atom is 0.110 e. The van der Waals surface area contributed by atoms with Gasteiger partial charge in [-0.25, -0.2) is 0 Å². The zero-order valence-corrected chi connectivity index (χ0v) is 9.23. The van der Waals surface area contributed by atoms with Gasteiger partial charge in [-0.15, -0.1) is 0 Å². The summed E-state index contributed by atoms with van der Waals surface area (Å²) in [4.78, 5) is 4.34. The molecule has 3 rings (SSSR count). The van der Waals surface area contributed by atoms with Crippen molar-refractivity contribution >= 4 is 0 Å². The van der Waals surface area contributed by atoms with E-state index in [1.807, 2.05) is 25.3 Å². The van der Waals surface area contributed by atoms with Crippen LogP contribution in [-0.4, -0.2) is 11.5 Å². The minimum absolute atomic E-state index is 0.232. The second-order valence-corrected chi connectivity index (χ2v) is 4.17. The van der Waals surface area contributed by atoms with Crippen molar-refractivity contribution in [3.63, 3.8) is 0 Å². The number of pyridine rings is 1. The Morgan fingerprint density at radius 1 is 1.38 bits per heavy atom. The highest BCUT2D eigenvalue weighted by molar-refractivity contribution is 5.34. The van der Waals surface area contributed by atoms with Crippen LogP contribution in [-0.2, 0) is 6.42 Å². The third kappa shape index (κ3) is 1.53. The maximum absolute atomic E-state index is 5.47. The molecule has 2 aromatic heterocycles. The van der Waals surface area contributed by atoms with Gasteiger partial charge in [-0.2, -0.15) is 0 Å². The summed E-state index contributed by atoms with van der Waals surface area (Å²) in [6, 6.07) is 6.45. The van der Waals surface area contributed by atoms with Gasteiger partial charge in [0.25, 0.3) is 0 Å². The zero-order valence-electron chi connectivity index (χ0n) is 9.23. The fourth-order valence-electron chi connectivity index (χ4n) is 2.20. The number of aromatic nitrogens is 1. The fraction of sp³-hybridized carbons (Fsp3) is 0.308. The highest BCUT2D eigenvalue weighted by atomic mass is 16.3. The topological polar surface area (TPSA) is 38.1 Å². The van der Waals surface area contributed by atoms with E-state index in [9.17, 15) is 0 Å². The van der Waals surface area contributed by atoms with Gasteiger partial charge in [0.1, 0.15) is 5.76 Å². The zero-order chi connectivity index (χ0) is 11.0. The van der Waals surface area contributed by atoms with Crippen molar-refractivity contribution < 1.29 is 4.42 Å². The molecular formula is C13H14N2O. The van der Waals surface area contributed by atoms with Crippen LogP contribution in [0.25, 0.3) is 0 Å². The standard InChI is InChI=1S/C13H14N2O/c1-9-2-3-10(8-15-9)13-11-5-7-16-12(11)4-6-14-13/h2-3,5,7-8,13-14H,4,6H2,1H3. The van der Waals surface area contributed by atoms with E-state index in [0.717, 1.165) is 24.4 Å². The Morgan fingerprint density at radius 2 is 2.31 bits per heavy atom. The molecule has 1 atom stereocenters. The van der Waals surface area contributed by atoms with Crippen LogP contribution in [0.15, 0.2) is 35.1 Å². The largest absolute Gasteiger partial charge is 0.469 e. The number of hydrogen-bond acceptors (Lipinski definition) is 3. The average Bonchev–Trinajstić information content (AvgIpc) is 2.78. The van der Waals surface area contributed by atoms with E-state index in [1.165, 1.54) is 11.1 Å². The van der Waals surface area contributed by atoms with E-state index in [0.29, 0.717) is 0 Å². The van der Waals surface area contributed by atoms with Crippen LogP contribution in [0, 0.1) is 6.92 Å². The van der Waals surface area contributed by atoms with Crippen LogP contribution in [0.4, 0.5) is 0 Å². The SMILES string of the molecule is Cc1ccc(C2NCCc3occc32)cn1. The second kappa shape index (κ2) is 3.76. The summed E-state index contributed by atoms with van der Waals surface area (Å²) < 4.78 is 5.47. The van der Waals surface area contributed by atoms with E-state index >= 15 is 0 Å². The fourth-order valence-corrected chi connectivity index (χ4v) is 2.20. The molecule has 1 unspecified atom stereocenters. The van der Waals surface area contributed by atoms with Crippen LogP contribution in [0.3, 0.4) is 0 Å². The molecule has 1 aliphatic heterocycles. The van der Waals surface area contributed by atoms with Gasteiger partial charge in [-0.3, -0.25) is 4.98 Å². The third-order valence-corrected chi connectivity index (χ3v) is 3.06. The lowest BCUT2D eigenvalue weighted by atomic mass is 9.96. The first-order chi connectivity index (χ1) is 7.84. The van der Waals surface area contributed by atoms with Gasteiger partial charge in [0.2, 0.25) is 0 Å². The normalized spacial score (nSPS) is 19.4. The van der Waals surface area contributed by atoms with Gasteiger partial charge >= 0.3 is 0 Å². The number of fused-ring (bicyclic) bond motifs is 1. The first-order valence-corrected chi connectivity index (χ1v) is 5.57. The predicted molar refractivity (Wildman–Crippen MR) is 61.2 cm³/mol. The molecule has 3 heteroatoms. The maximum atomic E-state index is 5.47. The summed E-state index contributed by atoms with van der Waals surface area (Å²) in [5, 5.41) is 3.50. The smallest absolute Gasteiger partial charge is 0.110 e. The molecule has 0 amide bonds. The van der Waals surface area contributed by atoms with E-state index in [-0.39, 0.29) is 6.04 Å². The van der Waals surface area contributed by atoms with Crippen molar-refractivity contribution in [1.82, 2.24) is 10.3 Å². The summed E-state index contributed by atoms with van der Waals surface area (Å²) in [6.07, 6.45) is 4.68. The van der Waals surface area contributed by atoms with Gasteiger partial charge in [0, 0.05) is 30.4 Å². The van der Waals surface area contributed by atoms with Crippen molar-refractivity contribution in [3.05, 3.63) is 53.2 Å². The molecule has 2 aromatic rings. The lowest BCUT2D eigenvalue weighted by Crippen LogP contribution is -2.29. The van der Waals surface area contributed by atoms with E-state index in [2.05, 4.69) is 16.4 Å². The summed E-state index contributed by atoms with van der Waals surface area (Å²) in [6.45, 7) is 2.96. The summed E-state index contributed by atoms with van der Waals surface area (Å²) in [7, 11) is 0. The lowest BCUT2D eigenvalue weighted by Gasteiger charge is -2.23. The molecule has 0 spiro atoms. The summed E-state index contributed by atoms with van der Waals surface area (Å²) in [5.41, 5.74) is 3.50. The molecule has 0 saturated heterocycles. The highest BCUT2D eigenvalue weighted by Crippen LogP contribution is 2.28. The Kier molecular flexibility index (Phi) is 2.26. The second-order valence-electron chi connectivity index (χ2n) is 4.17. The van der Waals surface area contributed by atoms with Crippen LogP contribution >= 0.6 is 0 Å². The van der Waals surface area contributed by atoms with Crippen molar-refractivity contribution in [2.24, 2.45) is 0 Å². The third-order valence-electron chi connectivity index (χ3n) is 3.06. The molecule has 16 heavy (non-hydrogen) atoms. The molecule has 0 aliphatic carbocycles. The first kappa shape index (κ1) is 9.60. The first-order valence-electron chi connectivity index (χ1n) is 5.57. The van der Waals surface area contributed by atoms with Crippen LogP contribution in [0.1, 0.15) is 28.6 Å². The molecule has 0 saturated carbocycles. The van der Waals surface area contributed by atoms with E-state index in [1.54, 1.807) is 6.26 Å². The Balaban J connectivity index is 2.00. The molecule has 3 heterocycles. The molecule has 0 bridgehead atoms. The Bertz CT molecular complexity index is 487. The molecule has 0 aromatic carbocycles. The van der Waals surface area contributed by atoms with Crippen molar-refractivity contribution in [1.29, 1.82) is 0 Å². The molecular weight excluding hydrogens is 200 g/mol. The molecule has 0 radical (unpaired) electrons. The molecule has 82 valence electrons. The summed E-state index contributed by atoms with van der Waals surface area (Å²) >= 11 is 0. The predicted octanol–water partition coefficient (Wildman–Crippen LogP) is 2.22. The van der Waals surface area contributed by atoms with Crippen molar-refractivity contribution in [2.45, 2.75) is 19.4 Å². The van der Waals surface area contributed by atoms with Gasteiger partial charge in [-0.05, 0) is 24.6 Å². The number of rotatable bonds is 1. The van der Waals surface area contributed by atoms with Crippen LogP contribution in [0.5, 0.6) is 0 Å². The number of nitrogens with zero attached hydrogens (tertiary/aromatic N) is 1. The number of aryl methyl sites for hydroxylation is 1. The minimum Gasteiger partial charge on any atom is -0.469 e. The van der Waals surface area contributed by atoms with E-state index in [4.69, 9.17) is 4.42 Å². The van der Waals surface area contributed by atoms with Gasteiger partial charge in [-0.1, -0.05) is 6.07 Å².